The van der Waals surface area contributed by atoms with Crippen molar-refractivity contribution < 1.29 is 18.4 Å². The van der Waals surface area contributed by atoms with Crippen LogP contribution in [0.15, 0.2) is 60.9 Å². The van der Waals surface area contributed by atoms with Crippen LogP contribution in [0, 0.1) is 25.6 Å². The van der Waals surface area contributed by atoms with Gasteiger partial charge in [0.25, 0.3) is 0 Å². The molecule has 2 unspecified atom stereocenters. The predicted molar refractivity (Wildman–Crippen MR) is 183 cm³/mol. The molecule has 3 aromatic carbocycles. The maximum atomic E-state index is 15.2. The monoisotopic (exact) mass is 644 g/mol. The lowest BCUT2D eigenvalue weighted by Gasteiger charge is -2.30. The summed E-state index contributed by atoms with van der Waals surface area (Å²) in [7, 11) is 6.35. The van der Waals surface area contributed by atoms with Crippen molar-refractivity contribution in [3.63, 3.8) is 0 Å². The zero-order valence-electron chi connectivity index (χ0n) is 27.4. The van der Waals surface area contributed by atoms with Gasteiger partial charge in [-0.15, -0.1) is 0 Å². The summed E-state index contributed by atoms with van der Waals surface area (Å²) in [4.78, 5) is 15.5. The highest BCUT2D eigenvalue weighted by Crippen LogP contribution is 2.57. The van der Waals surface area contributed by atoms with E-state index < -0.39 is 0 Å². The number of carbonyl (C=O) groups excluding carboxylic acids is 1. The minimum atomic E-state index is -0.358. The Hall–Kier alpha value is -3.88. The Morgan fingerprint density at radius 1 is 1.15 bits per heavy atom. The number of aromatic nitrogens is 2. The summed E-state index contributed by atoms with van der Waals surface area (Å²) in [5.41, 5.74) is 7.65. The molecule has 2 heterocycles. The standard InChI is InChI=1S/C37H44ClFN5O2/c1-24-9-6-12-35(25(24)2)46-16-8-13-36(45)43-22-26-17-30(26)37-29(10-7-11-34(37)43)27-20-41-42(21-27)23-31-32(38)18-28(19-33(31)39)40-14-15-44(3,4)5/h6-7,9-12,18-21,26,30,40H,8,13-17,22-23H2,1-5H3/q+1. The van der Waals surface area contributed by atoms with E-state index in [1.54, 1.807) is 10.7 Å². The van der Waals surface area contributed by atoms with Crippen LogP contribution in [0.25, 0.3) is 11.1 Å². The van der Waals surface area contributed by atoms with E-state index in [9.17, 15) is 4.79 Å². The second kappa shape index (κ2) is 13.1. The fraction of sp³-hybridized carbons (Fsp3) is 0.405. The highest BCUT2D eigenvalue weighted by Gasteiger charge is 2.47. The molecule has 7 nitrogen and oxygen atoms in total. The number of benzene rings is 3. The van der Waals surface area contributed by atoms with E-state index in [1.807, 2.05) is 35.5 Å². The Balaban J connectivity index is 1.13. The number of likely N-dealkylation sites (N-methyl/N-ethyl adjacent to an activating group) is 1. The molecule has 1 amide bonds. The first-order valence-corrected chi connectivity index (χ1v) is 16.5. The van der Waals surface area contributed by atoms with Gasteiger partial charge in [0.2, 0.25) is 5.91 Å². The van der Waals surface area contributed by atoms with Gasteiger partial charge in [-0.3, -0.25) is 9.48 Å². The molecule has 0 saturated heterocycles. The number of carbonyl (C=O) groups is 1. The van der Waals surface area contributed by atoms with Crippen molar-refractivity contribution in [2.24, 2.45) is 5.92 Å². The Morgan fingerprint density at radius 2 is 1.96 bits per heavy atom. The van der Waals surface area contributed by atoms with Gasteiger partial charge in [0.1, 0.15) is 11.6 Å². The van der Waals surface area contributed by atoms with Gasteiger partial charge >= 0.3 is 0 Å². The second-order valence-electron chi connectivity index (χ2n) is 13.8. The van der Waals surface area contributed by atoms with Gasteiger partial charge < -0.3 is 19.4 Å². The Kier molecular flexibility index (Phi) is 9.12. The first-order valence-electron chi connectivity index (χ1n) is 16.2. The van der Waals surface area contributed by atoms with Crippen LogP contribution in [0.3, 0.4) is 0 Å². The van der Waals surface area contributed by atoms with Gasteiger partial charge in [0, 0.05) is 41.7 Å². The van der Waals surface area contributed by atoms with Gasteiger partial charge in [0.15, 0.2) is 0 Å². The van der Waals surface area contributed by atoms with E-state index in [0.29, 0.717) is 47.6 Å². The minimum absolute atomic E-state index is 0.129. The van der Waals surface area contributed by atoms with Crippen molar-refractivity contribution in [1.29, 1.82) is 0 Å². The number of fused-ring (bicyclic) bond motifs is 3. The summed E-state index contributed by atoms with van der Waals surface area (Å²) < 4.78 is 23.8. The smallest absolute Gasteiger partial charge is 0.227 e. The number of nitrogens with one attached hydrogen (secondary N) is 1. The summed E-state index contributed by atoms with van der Waals surface area (Å²) in [6.45, 7) is 7.24. The van der Waals surface area contributed by atoms with E-state index in [1.165, 1.54) is 17.2 Å². The third kappa shape index (κ3) is 7.08. The molecule has 1 aromatic heterocycles. The minimum Gasteiger partial charge on any atom is -0.493 e. The lowest BCUT2D eigenvalue weighted by molar-refractivity contribution is -0.868. The molecule has 1 N–H and O–H groups in total. The van der Waals surface area contributed by atoms with Gasteiger partial charge in [-0.05, 0) is 85.0 Å². The third-order valence-corrected chi connectivity index (χ3v) is 9.59. The van der Waals surface area contributed by atoms with Crippen LogP contribution in [0.2, 0.25) is 5.02 Å². The predicted octanol–water partition coefficient (Wildman–Crippen LogP) is 7.44. The van der Waals surface area contributed by atoms with Crippen molar-refractivity contribution in [2.75, 3.05) is 57.6 Å². The van der Waals surface area contributed by atoms with Crippen LogP contribution >= 0.6 is 11.6 Å². The number of amides is 1. The molecule has 1 fully saturated rings. The van der Waals surface area contributed by atoms with E-state index in [0.717, 1.165) is 58.7 Å². The lowest BCUT2D eigenvalue weighted by Crippen LogP contribution is -2.38. The van der Waals surface area contributed by atoms with Crippen molar-refractivity contribution in [3.8, 4) is 16.9 Å². The Morgan fingerprint density at radius 3 is 2.74 bits per heavy atom. The van der Waals surface area contributed by atoms with Crippen LogP contribution < -0.4 is 15.0 Å². The molecule has 0 spiro atoms. The van der Waals surface area contributed by atoms with Crippen LogP contribution in [0.5, 0.6) is 5.75 Å². The number of hydrogen-bond acceptors (Lipinski definition) is 4. The molecule has 6 rings (SSSR count). The number of nitrogens with zero attached hydrogens (tertiary/aromatic N) is 4. The maximum absolute atomic E-state index is 15.2. The third-order valence-electron chi connectivity index (χ3n) is 9.25. The van der Waals surface area contributed by atoms with Gasteiger partial charge in [-0.25, -0.2) is 4.39 Å². The molecule has 0 bridgehead atoms. The molecular weight excluding hydrogens is 601 g/mol. The fourth-order valence-electron chi connectivity index (χ4n) is 6.37. The molecule has 2 aliphatic rings. The number of aryl methyl sites for hydroxylation is 1. The van der Waals surface area contributed by atoms with Gasteiger partial charge in [0.05, 0.1) is 58.6 Å². The summed E-state index contributed by atoms with van der Waals surface area (Å²) in [5, 5.41) is 8.22. The molecule has 2 atom stereocenters. The normalized spacial score (nSPS) is 17.0. The summed E-state index contributed by atoms with van der Waals surface area (Å²) in [5.74, 6) is 1.57. The van der Waals surface area contributed by atoms with Crippen LogP contribution in [0.4, 0.5) is 15.8 Å². The molecule has 242 valence electrons. The Bertz CT molecular complexity index is 1720. The average molecular weight is 645 g/mol. The number of ether oxygens (including phenoxy) is 1. The number of quaternary nitrogens is 1. The van der Waals surface area contributed by atoms with Crippen LogP contribution in [0.1, 0.15) is 47.4 Å². The zero-order chi connectivity index (χ0) is 32.6. The van der Waals surface area contributed by atoms with E-state index in [-0.39, 0.29) is 18.3 Å². The lowest BCUT2D eigenvalue weighted by atomic mass is 9.92. The number of rotatable bonds is 12. The molecule has 4 aromatic rings. The first kappa shape index (κ1) is 32.1. The van der Waals surface area contributed by atoms with Crippen molar-refractivity contribution >= 4 is 28.9 Å². The zero-order valence-corrected chi connectivity index (χ0v) is 28.2. The van der Waals surface area contributed by atoms with Crippen molar-refractivity contribution in [2.45, 2.75) is 45.6 Å². The number of halogens is 2. The van der Waals surface area contributed by atoms with Gasteiger partial charge in [-0.2, -0.15) is 5.10 Å². The van der Waals surface area contributed by atoms with Crippen molar-refractivity contribution in [3.05, 3.63) is 94.0 Å². The summed E-state index contributed by atoms with van der Waals surface area (Å²) in [6, 6.07) is 15.5. The molecule has 1 aliphatic carbocycles. The highest BCUT2D eigenvalue weighted by atomic mass is 35.5. The number of hydrogen-bond donors (Lipinski definition) is 1. The first-order chi connectivity index (χ1) is 22.0. The average Bonchev–Trinajstić information content (AvgIpc) is 3.65. The molecule has 0 radical (unpaired) electrons. The second-order valence-corrected chi connectivity index (χ2v) is 14.2. The Labute approximate surface area is 276 Å². The quantitative estimate of drug-likeness (QED) is 0.129. The van der Waals surface area contributed by atoms with E-state index in [4.69, 9.17) is 16.3 Å². The topological polar surface area (TPSA) is 59.4 Å². The van der Waals surface area contributed by atoms with Crippen molar-refractivity contribution in [1.82, 2.24) is 9.78 Å². The van der Waals surface area contributed by atoms with E-state index >= 15 is 4.39 Å². The largest absolute Gasteiger partial charge is 0.493 e. The highest BCUT2D eigenvalue weighted by molar-refractivity contribution is 6.31. The molecule has 1 saturated carbocycles. The SMILES string of the molecule is Cc1cccc(OCCCC(=O)N2CC3CC3c3c(-c4cnn(Cc5c(F)cc(NCC[N+](C)(C)C)cc5Cl)c4)cccc32)c1C. The number of anilines is 2. The molecule has 9 heteroatoms. The molecule has 46 heavy (non-hydrogen) atoms. The summed E-state index contributed by atoms with van der Waals surface area (Å²) >= 11 is 6.56. The van der Waals surface area contributed by atoms with Crippen LogP contribution in [-0.2, 0) is 11.3 Å². The summed E-state index contributed by atoms with van der Waals surface area (Å²) in [6.07, 6.45) is 5.94. The van der Waals surface area contributed by atoms with E-state index in [2.05, 4.69) is 63.6 Å². The van der Waals surface area contributed by atoms with Gasteiger partial charge in [-0.1, -0.05) is 35.9 Å². The maximum Gasteiger partial charge on any atom is 0.227 e. The van der Waals surface area contributed by atoms with Crippen LogP contribution in [-0.4, -0.2) is 67.6 Å². The molecular formula is C37H44ClFN5O2+. The molecule has 1 aliphatic heterocycles. The fourth-order valence-corrected chi connectivity index (χ4v) is 6.63.